The molecule has 1 amide bonds. The molecule has 2 aromatic carbocycles. The quantitative estimate of drug-likeness (QED) is 0.401. The number of benzene rings is 2. The van der Waals surface area contributed by atoms with Crippen molar-refractivity contribution < 1.29 is 14.3 Å². The van der Waals surface area contributed by atoms with Crippen LogP contribution in [0.15, 0.2) is 36.4 Å². The predicted octanol–water partition coefficient (Wildman–Crippen LogP) is 4.27. The molecule has 0 spiro atoms. The van der Waals surface area contributed by atoms with E-state index in [0.29, 0.717) is 37.5 Å². The Morgan fingerprint density at radius 3 is 2.39 bits per heavy atom. The summed E-state index contributed by atoms with van der Waals surface area (Å²) in [6.07, 6.45) is 4.40. The molecule has 0 radical (unpaired) electrons. The second-order valence-corrected chi connectivity index (χ2v) is 6.78. The number of nitrogens with zero attached hydrogens (tertiary/aromatic N) is 1. The van der Waals surface area contributed by atoms with Crippen LogP contribution in [0.25, 0.3) is 10.8 Å². The lowest BCUT2D eigenvalue weighted by Gasteiger charge is -2.10. The minimum absolute atomic E-state index is 0.169. The van der Waals surface area contributed by atoms with E-state index in [2.05, 4.69) is 11.4 Å². The van der Waals surface area contributed by atoms with Crippen LogP contribution in [0.3, 0.4) is 0 Å². The molecule has 0 aliphatic rings. The van der Waals surface area contributed by atoms with Crippen molar-refractivity contribution in [1.29, 1.82) is 5.26 Å². The molecular formula is C22H27ClN2O3. The first-order valence-electron chi connectivity index (χ1n) is 9.69. The third-order valence-corrected chi connectivity index (χ3v) is 4.63. The van der Waals surface area contributed by atoms with Crippen LogP contribution in [-0.2, 0) is 9.47 Å². The Balaban J connectivity index is 1.64. The van der Waals surface area contributed by atoms with Crippen LogP contribution in [-0.4, -0.2) is 44.8 Å². The number of alkyl halides is 1. The van der Waals surface area contributed by atoms with Crippen molar-refractivity contribution in [2.75, 3.05) is 38.9 Å². The van der Waals surface area contributed by atoms with E-state index < -0.39 is 0 Å². The molecule has 150 valence electrons. The molecule has 0 aliphatic heterocycles. The highest BCUT2D eigenvalue weighted by molar-refractivity contribution is 6.17. The van der Waals surface area contributed by atoms with Gasteiger partial charge in [0.1, 0.15) is 0 Å². The molecule has 1 N–H and O–H groups in total. The number of halogens is 1. The first-order chi connectivity index (χ1) is 13.8. The molecule has 2 rings (SSSR count). The van der Waals surface area contributed by atoms with Gasteiger partial charge in [0.15, 0.2) is 0 Å². The van der Waals surface area contributed by atoms with Crippen LogP contribution in [0.5, 0.6) is 0 Å². The SMILES string of the molecule is N#Cc1ccc(C(=O)NCCOCCOCCCCCCCl)c2ccccc12. The summed E-state index contributed by atoms with van der Waals surface area (Å²) < 4.78 is 11.0. The zero-order chi connectivity index (χ0) is 20.0. The van der Waals surface area contributed by atoms with Crippen molar-refractivity contribution in [2.24, 2.45) is 0 Å². The van der Waals surface area contributed by atoms with E-state index in [0.717, 1.165) is 48.9 Å². The Hall–Kier alpha value is -2.13. The highest BCUT2D eigenvalue weighted by atomic mass is 35.5. The molecule has 0 fully saturated rings. The summed E-state index contributed by atoms with van der Waals surface area (Å²) >= 11 is 5.63. The highest BCUT2D eigenvalue weighted by Crippen LogP contribution is 2.22. The van der Waals surface area contributed by atoms with Crippen molar-refractivity contribution in [1.82, 2.24) is 5.32 Å². The normalized spacial score (nSPS) is 10.7. The maximum Gasteiger partial charge on any atom is 0.251 e. The van der Waals surface area contributed by atoms with Gasteiger partial charge in [-0.1, -0.05) is 37.1 Å². The summed E-state index contributed by atoms with van der Waals surface area (Å²) in [6, 6.07) is 13.0. The van der Waals surface area contributed by atoms with Gasteiger partial charge in [0.2, 0.25) is 0 Å². The first kappa shape index (κ1) is 22.2. The standard InChI is InChI=1S/C22H27ClN2O3/c23-11-5-1-2-6-13-27-15-16-28-14-12-25-22(26)21-10-9-18(17-24)19-7-3-4-8-20(19)21/h3-4,7-10H,1-2,5-6,11-16H2,(H,25,26). The number of unbranched alkanes of at least 4 members (excludes halogenated alkanes) is 3. The number of rotatable bonds is 13. The monoisotopic (exact) mass is 402 g/mol. The number of carbonyl (C=O) groups excluding carboxylic acids is 1. The molecular weight excluding hydrogens is 376 g/mol. The van der Waals surface area contributed by atoms with Gasteiger partial charge >= 0.3 is 0 Å². The molecule has 0 saturated heterocycles. The largest absolute Gasteiger partial charge is 0.379 e. The summed E-state index contributed by atoms with van der Waals surface area (Å²) in [4.78, 5) is 12.5. The summed E-state index contributed by atoms with van der Waals surface area (Å²) in [5, 5.41) is 13.6. The minimum Gasteiger partial charge on any atom is -0.379 e. The fraction of sp³-hybridized carbons (Fsp3) is 0.455. The van der Waals surface area contributed by atoms with Crippen LogP contribution < -0.4 is 5.32 Å². The average Bonchev–Trinajstić information content (AvgIpc) is 2.73. The Bertz CT molecular complexity index is 789. The maximum atomic E-state index is 12.5. The number of carbonyl (C=O) groups is 1. The summed E-state index contributed by atoms with van der Waals surface area (Å²) in [5.74, 6) is 0.560. The molecule has 0 heterocycles. The van der Waals surface area contributed by atoms with Gasteiger partial charge in [-0.05, 0) is 30.4 Å². The number of nitrogens with one attached hydrogen (secondary N) is 1. The van der Waals surface area contributed by atoms with E-state index in [1.807, 2.05) is 24.3 Å². The smallest absolute Gasteiger partial charge is 0.251 e. The number of hydrogen-bond donors (Lipinski definition) is 1. The van der Waals surface area contributed by atoms with Crippen LogP contribution >= 0.6 is 11.6 Å². The Morgan fingerprint density at radius 1 is 0.929 bits per heavy atom. The average molecular weight is 403 g/mol. The van der Waals surface area contributed by atoms with Crippen molar-refractivity contribution in [2.45, 2.75) is 25.7 Å². The number of hydrogen-bond acceptors (Lipinski definition) is 4. The Labute approximate surface area is 171 Å². The number of ether oxygens (including phenoxy) is 2. The fourth-order valence-electron chi connectivity index (χ4n) is 2.90. The topological polar surface area (TPSA) is 71.4 Å². The fourth-order valence-corrected chi connectivity index (χ4v) is 3.09. The predicted molar refractivity (Wildman–Crippen MR) is 112 cm³/mol. The second-order valence-electron chi connectivity index (χ2n) is 6.40. The lowest BCUT2D eigenvalue weighted by Crippen LogP contribution is -2.27. The van der Waals surface area contributed by atoms with Crippen LogP contribution in [0.2, 0.25) is 0 Å². The molecule has 0 unspecified atom stereocenters. The molecule has 0 bridgehead atoms. The number of nitriles is 1. The lowest BCUT2D eigenvalue weighted by molar-refractivity contribution is 0.0468. The van der Waals surface area contributed by atoms with Crippen molar-refractivity contribution in [3.8, 4) is 6.07 Å². The van der Waals surface area contributed by atoms with Gasteiger partial charge in [-0.15, -0.1) is 11.6 Å². The van der Waals surface area contributed by atoms with Gasteiger partial charge in [-0.2, -0.15) is 5.26 Å². The molecule has 28 heavy (non-hydrogen) atoms. The summed E-state index contributed by atoms with van der Waals surface area (Å²) in [6.45, 7) is 2.67. The van der Waals surface area contributed by atoms with Crippen molar-refractivity contribution in [3.05, 3.63) is 47.5 Å². The van der Waals surface area contributed by atoms with Gasteiger partial charge < -0.3 is 14.8 Å². The number of amides is 1. The molecule has 6 heteroatoms. The maximum absolute atomic E-state index is 12.5. The zero-order valence-corrected chi connectivity index (χ0v) is 16.8. The Kier molecular flexibility index (Phi) is 10.4. The van der Waals surface area contributed by atoms with E-state index >= 15 is 0 Å². The van der Waals surface area contributed by atoms with Gasteiger partial charge in [-0.3, -0.25) is 4.79 Å². The van der Waals surface area contributed by atoms with Gasteiger partial charge in [0.25, 0.3) is 5.91 Å². The van der Waals surface area contributed by atoms with Crippen molar-refractivity contribution >= 4 is 28.3 Å². The lowest BCUT2D eigenvalue weighted by atomic mass is 10.00. The Morgan fingerprint density at radius 2 is 1.64 bits per heavy atom. The molecule has 5 nitrogen and oxygen atoms in total. The van der Waals surface area contributed by atoms with E-state index in [4.69, 9.17) is 21.1 Å². The second kappa shape index (κ2) is 13.1. The zero-order valence-electron chi connectivity index (χ0n) is 16.1. The van der Waals surface area contributed by atoms with Gasteiger partial charge in [0, 0.05) is 30.0 Å². The summed E-state index contributed by atoms with van der Waals surface area (Å²) in [5.41, 5.74) is 1.13. The van der Waals surface area contributed by atoms with E-state index in [1.165, 1.54) is 0 Å². The van der Waals surface area contributed by atoms with Gasteiger partial charge in [0.05, 0.1) is 31.5 Å². The highest BCUT2D eigenvalue weighted by Gasteiger charge is 2.11. The summed E-state index contributed by atoms with van der Waals surface area (Å²) in [7, 11) is 0. The first-order valence-corrected chi connectivity index (χ1v) is 10.2. The molecule has 0 atom stereocenters. The third kappa shape index (κ3) is 7.12. The number of fused-ring (bicyclic) bond motifs is 1. The molecule has 0 saturated carbocycles. The van der Waals surface area contributed by atoms with Gasteiger partial charge in [-0.25, -0.2) is 0 Å². The van der Waals surface area contributed by atoms with E-state index in [9.17, 15) is 10.1 Å². The minimum atomic E-state index is -0.169. The van der Waals surface area contributed by atoms with E-state index in [-0.39, 0.29) is 5.91 Å². The van der Waals surface area contributed by atoms with Crippen molar-refractivity contribution in [3.63, 3.8) is 0 Å². The van der Waals surface area contributed by atoms with Crippen LogP contribution in [0.4, 0.5) is 0 Å². The van der Waals surface area contributed by atoms with E-state index in [1.54, 1.807) is 12.1 Å². The third-order valence-electron chi connectivity index (χ3n) is 4.37. The van der Waals surface area contributed by atoms with Crippen LogP contribution in [0.1, 0.15) is 41.6 Å². The molecule has 2 aromatic rings. The van der Waals surface area contributed by atoms with Crippen LogP contribution in [0, 0.1) is 11.3 Å². The molecule has 0 aromatic heterocycles. The molecule has 0 aliphatic carbocycles.